The van der Waals surface area contributed by atoms with Crippen LogP contribution in [0.4, 0.5) is 0 Å². The maximum atomic E-state index is 11.4. The monoisotopic (exact) mass is 176 g/mol. The van der Waals surface area contributed by atoms with E-state index in [0.29, 0.717) is 0 Å². The molecule has 2 aliphatic heterocycles. The molecule has 0 aromatic heterocycles. The van der Waals surface area contributed by atoms with Crippen molar-refractivity contribution in [1.82, 2.24) is 4.90 Å². The molecule has 0 spiro atoms. The Balaban J connectivity index is 2.39. The molecule has 0 aromatic carbocycles. The van der Waals surface area contributed by atoms with Crippen molar-refractivity contribution in [3.05, 3.63) is 36.6 Å². The normalized spacial score (nSPS) is 20.2. The average Bonchev–Trinajstić information content (AvgIpc) is 2.43. The summed E-state index contributed by atoms with van der Waals surface area (Å²) in [6.45, 7) is 0.179. The van der Waals surface area contributed by atoms with Crippen molar-refractivity contribution >= 4 is 12.1 Å². The molecule has 2 rings (SSSR count). The zero-order valence-corrected chi connectivity index (χ0v) is 6.88. The van der Waals surface area contributed by atoms with Crippen LogP contribution in [0.15, 0.2) is 41.6 Å². The van der Waals surface area contributed by atoms with E-state index in [9.17, 15) is 4.79 Å². The molecule has 0 radical (unpaired) electrons. The maximum Gasteiger partial charge on any atom is 0.252 e. The second-order valence-corrected chi connectivity index (χ2v) is 2.57. The molecule has 2 aliphatic rings. The van der Waals surface area contributed by atoms with E-state index in [0.717, 1.165) is 5.70 Å². The highest BCUT2D eigenvalue weighted by molar-refractivity contribution is 5.87. The Morgan fingerprint density at radius 3 is 3.31 bits per heavy atom. The van der Waals surface area contributed by atoms with E-state index in [-0.39, 0.29) is 12.5 Å². The van der Waals surface area contributed by atoms with Crippen LogP contribution in [0.25, 0.3) is 0 Å². The van der Waals surface area contributed by atoms with Gasteiger partial charge in [-0.3, -0.25) is 14.7 Å². The molecular weight excluding hydrogens is 168 g/mol. The number of fused-ring (bicyclic) bond motifs is 1. The van der Waals surface area contributed by atoms with Gasteiger partial charge in [-0.1, -0.05) is 0 Å². The Hall–Kier alpha value is -1.84. The quantitative estimate of drug-likeness (QED) is 0.547. The van der Waals surface area contributed by atoms with Gasteiger partial charge in [0, 0.05) is 12.4 Å². The van der Waals surface area contributed by atoms with Gasteiger partial charge in [-0.05, 0) is 12.2 Å². The van der Waals surface area contributed by atoms with Gasteiger partial charge < -0.3 is 4.74 Å². The summed E-state index contributed by atoms with van der Waals surface area (Å²) >= 11 is 0. The topological polar surface area (TPSA) is 41.9 Å². The van der Waals surface area contributed by atoms with Crippen molar-refractivity contribution in [3.8, 4) is 0 Å². The number of carbonyl (C=O) groups is 1. The number of aliphatic imine (C=N–C) groups is 1. The van der Waals surface area contributed by atoms with E-state index in [1.165, 1.54) is 17.4 Å². The molecule has 1 amide bonds. The molecule has 13 heavy (non-hydrogen) atoms. The summed E-state index contributed by atoms with van der Waals surface area (Å²) in [7, 11) is 0. The Kier molecular flexibility index (Phi) is 1.96. The third kappa shape index (κ3) is 1.51. The average molecular weight is 176 g/mol. The molecule has 0 N–H and O–H groups in total. The lowest BCUT2D eigenvalue weighted by Crippen LogP contribution is -2.25. The molecule has 66 valence electrons. The predicted molar refractivity (Wildman–Crippen MR) is 47.7 cm³/mol. The van der Waals surface area contributed by atoms with Gasteiger partial charge in [0.25, 0.3) is 5.91 Å². The minimum absolute atomic E-state index is 0.0635. The zero-order valence-electron chi connectivity index (χ0n) is 6.88. The number of nitrogens with zero attached hydrogens (tertiary/aromatic N) is 2. The number of hydrogen-bond donors (Lipinski definition) is 0. The standard InChI is InChI=1S/C9H8N2O2/c12-9-7-10-3-1-8-2-5-13-6-4-11(8)9/h1-6H,7H2. The van der Waals surface area contributed by atoms with Crippen LogP contribution in [0.3, 0.4) is 0 Å². The fourth-order valence-corrected chi connectivity index (χ4v) is 1.12. The summed E-state index contributed by atoms with van der Waals surface area (Å²) in [5.41, 5.74) is 0.764. The van der Waals surface area contributed by atoms with Crippen LogP contribution in [-0.2, 0) is 9.53 Å². The molecule has 0 unspecified atom stereocenters. The molecule has 0 saturated carbocycles. The minimum Gasteiger partial charge on any atom is -0.471 e. The second kappa shape index (κ2) is 3.26. The van der Waals surface area contributed by atoms with Crippen LogP contribution in [0, 0.1) is 0 Å². The van der Waals surface area contributed by atoms with Crippen molar-refractivity contribution in [2.24, 2.45) is 4.99 Å². The van der Waals surface area contributed by atoms with E-state index in [2.05, 4.69) is 4.99 Å². The van der Waals surface area contributed by atoms with Crippen molar-refractivity contribution in [3.63, 3.8) is 0 Å². The first-order valence-corrected chi connectivity index (χ1v) is 3.89. The fourth-order valence-electron chi connectivity index (χ4n) is 1.12. The van der Waals surface area contributed by atoms with Crippen molar-refractivity contribution in [2.75, 3.05) is 6.54 Å². The largest absolute Gasteiger partial charge is 0.471 e. The molecule has 0 bridgehead atoms. The van der Waals surface area contributed by atoms with Gasteiger partial charge in [-0.15, -0.1) is 0 Å². The van der Waals surface area contributed by atoms with Crippen LogP contribution in [-0.4, -0.2) is 23.6 Å². The highest BCUT2D eigenvalue weighted by atomic mass is 16.5. The van der Waals surface area contributed by atoms with E-state index < -0.39 is 0 Å². The molecule has 4 heteroatoms. The number of rotatable bonds is 0. The van der Waals surface area contributed by atoms with Gasteiger partial charge >= 0.3 is 0 Å². The highest BCUT2D eigenvalue weighted by Gasteiger charge is 2.15. The lowest BCUT2D eigenvalue weighted by atomic mass is 10.3. The van der Waals surface area contributed by atoms with Crippen LogP contribution in [0.1, 0.15) is 0 Å². The van der Waals surface area contributed by atoms with Gasteiger partial charge in [0.05, 0.1) is 12.0 Å². The number of ether oxygens (including phenoxy) is 1. The van der Waals surface area contributed by atoms with E-state index in [4.69, 9.17) is 4.74 Å². The van der Waals surface area contributed by atoms with Gasteiger partial charge in [0.1, 0.15) is 12.8 Å². The van der Waals surface area contributed by atoms with E-state index in [1.54, 1.807) is 24.6 Å². The first-order chi connectivity index (χ1) is 6.38. The van der Waals surface area contributed by atoms with Crippen molar-refractivity contribution < 1.29 is 9.53 Å². The van der Waals surface area contributed by atoms with Crippen LogP contribution in [0.2, 0.25) is 0 Å². The Labute approximate surface area is 75.5 Å². The van der Waals surface area contributed by atoms with Crippen LogP contribution >= 0.6 is 0 Å². The number of allylic oxidation sites excluding steroid dienone is 2. The van der Waals surface area contributed by atoms with Gasteiger partial charge in [-0.2, -0.15) is 0 Å². The Morgan fingerprint density at radius 1 is 1.46 bits per heavy atom. The summed E-state index contributed by atoms with van der Waals surface area (Å²) in [5.74, 6) is -0.0635. The number of carbonyl (C=O) groups excluding carboxylic acids is 1. The van der Waals surface area contributed by atoms with Gasteiger partial charge in [-0.25, -0.2) is 0 Å². The smallest absolute Gasteiger partial charge is 0.252 e. The van der Waals surface area contributed by atoms with Gasteiger partial charge in [0.2, 0.25) is 0 Å². The lowest BCUT2D eigenvalue weighted by Gasteiger charge is -2.14. The van der Waals surface area contributed by atoms with E-state index >= 15 is 0 Å². The predicted octanol–water partition coefficient (Wildman–Crippen LogP) is 0.798. The minimum atomic E-state index is -0.0635. The lowest BCUT2D eigenvalue weighted by molar-refractivity contribution is -0.125. The number of amides is 1. The van der Waals surface area contributed by atoms with Crippen molar-refractivity contribution in [1.29, 1.82) is 0 Å². The number of hydrogen-bond acceptors (Lipinski definition) is 3. The van der Waals surface area contributed by atoms with Gasteiger partial charge in [0.15, 0.2) is 0 Å². The highest BCUT2D eigenvalue weighted by Crippen LogP contribution is 2.12. The first-order valence-electron chi connectivity index (χ1n) is 3.89. The Bertz CT molecular complexity index is 340. The van der Waals surface area contributed by atoms with E-state index in [1.807, 2.05) is 0 Å². The summed E-state index contributed by atoms with van der Waals surface area (Å²) < 4.78 is 4.94. The zero-order chi connectivity index (χ0) is 9.10. The summed E-state index contributed by atoms with van der Waals surface area (Å²) in [6.07, 6.45) is 9.67. The van der Waals surface area contributed by atoms with Crippen molar-refractivity contribution in [2.45, 2.75) is 0 Å². The first kappa shape index (κ1) is 7.79. The third-order valence-electron chi connectivity index (χ3n) is 1.73. The second-order valence-electron chi connectivity index (χ2n) is 2.57. The summed E-state index contributed by atoms with van der Waals surface area (Å²) in [6, 6.07) is 0. The fraction of sp³-hybridized carbons (Fsp3) is 0.111. The summed E-state index contributed by atoms with van der Waals surface area (Å²) in [5, 5.41) is 0. The molecule has 0 fully saturated rings. The maximum absolute atomic E-state index is 11.4. The molecule has 0 aliphatic carbocycles. The third-order valence-corrected chi connectivity index (χ3v) is 1.73. The molecular formula is C9H8N2O2. The molecule has 0 atom stereocenters. The molecule has 2 heterocycles. The summed E-state index contributed by atoms with van der Waals surface area (Å²) in [4.78, 5) is 16.8. The van der Waals surface area contributed by atoms with Crippen LogP contribution < -0.4 is 0 Å². The van der Waals surface area contributed by atoms with Crippen LogP contribution in [0.5, 0.6) is 0 Å². The molecule has 0 saturated heterocycles. The SMILES string of the molecule is O=C1CN=CC=C2C=COC=CN12. The molecule has 4 nitrogen and oxygen atoms in total. The molecule has 0 aromatic rings. The Morgan fingerprint density at radius 2 is 2.38 bits per heavy atom.